The number of benzene rings is 1. The minimum Gasteiger partial charge on any atom is -0.440 e. The molecule has 1 aliphatic carbocycles. The lowest BCUT2D eigenvalue weighted by Gasteiger charge is -2.24. The predicted molar refractivity (Wildman–Crippen MR) is 73.8 cm³/mol. The van der Waals surface area contributed by atoms with E-state index in [9.17, 15) is 4.79 Å². The van der Waals surface area contributed by atoms with Crippen LogP contribution < -0.4 is 0 Å². The number of carbonyl (C=O) groups excluding carboxylic acids is 1. The van der Waals surface area contributed by atoms with Crippen molar-refractivity contribution >= 4 is 16.9 Å². The Hall–Kier alpha value is -1.64. The Morgan fingerprint density at radius 2 is 2.00 bits per heavy atom. The molecule has 3 rings (SSSR count). The number of nitrogens with zero attached hydrogens (tertiary/aromatic N) is 1. The van der Waals surface area contributed by atoms with E-state index in [4.69, 9.17) is 4.42 Å². The molecule has 0 bridgehead atoms. The van der Waals surface area contributed by atoms with Crippen molar-refractivity contribution in [2.24, 2.45) is 11.8 Å². The first kappa shape index (κ1) is 12.4. The SMILES string of the molecule is CC1CCC(C(=O)Cc2nc3ccccc3o2)CC1. The maximum absolute atomic E-state index is 12.3. The molecule has 0 atom stereocenters. The number of Topliss-reactive ketones (excluding diaryl/α,β-unsaturated/α-hetero) is 1. The number of fused-ring (bicyclic) bond motifs is 1. The van der Waals surface area contributed by atoms with Gasteiger partial charge in [-0.2, -0.15) is 0 Å². The van der Waals surface area contributed by atoms with Gasteiger partial charge in [-0.1, -0.05) is 31.9 Å². The number of aromatic nitrogens is 1. The second-order valence-electron chi connectivity index (χ2n) is 5.68. The maximum Gasteiger partial charge on any atom is 0.202 e. The molecule has 1 fully saturated rings. The second kappa shape index (κ2) is 5.16. The quantitative estimate of drug-likeness (QED) is 0.840. The highest BCUT2D eigenvalue weighted by atomic mass is 16.3. The van der Waals surface area contributed by atoms with E-state index in [-0.39, 0.29) is 5.92 Å². The number of ketones is 1. The number of para-hydroxylation sites is 2. The first-order valence-electron chi connectivity index (χ1n) is 7.09. The molecule has 2 aromatic rings. The summed E-state index contributed by atoms with van der Waals surface area (Å²) in [6, 6.07) is 7.65. The molecule has 0 spiro atoms. The average Bonchev–Trinajstić information content (AvgIpc) is 2.81. The minimum atomic E-state index is 0.214. The summed E-state index contributed by atoms with van der Waals surface area (Å²) in [5.41, 5.74) is 1.60. The molecule has 0 radical (unpaired) electrons. The molecular formula is C16H19NO2. The zero-order valence-corrected chi connectivity index (χ0v) is 11.3. The first-order chi connectivity index (χ1) is 9.22. The monoisotopic (exact) mass is 257 g/mol. The fraction of sp³-hybridized carbons (Fsp3) is 0.500. The third-order valence-corrected chi connectivity index (χ3v) is 4.13. The van der Waals surface area contributed by atoms with Gasteiger partial charge in [0, 0.05) is 5.92 Å². The third kappa shape index (κ3) is 2.70. The van der Waals surface area contributed by atoms with Gasteiger partial charge in [-0.15, -0.1) is 0 Å². The fourth-order valence-electron chi connectivity index (χ4n) is 2.87. The first-order valence-corrected chi connectivity index (χ1v) is 7.09. The molecule has 1 saturated carbocycles. The summed E-state index contributed by atoms with van der Waals surface area (Å²) >= 11 is 0. The molecule has 3 heteroatoms. The number of rotatable bonds is 3. The third-order valence-electron chi connectivity index (χ3n) is 4.13. The number of hydrogen-bond donors (Lipinski definition) is 0. The smallest absolute Gasteiger partial charge is 0.202 e. The molecule has 3 nitrogen and oxygen atoms in total. The van der Waals surface area contributed by atoms with Crippen molar-refractivity contribution in [3.8, 4) is 0 Å². The molecule has 19 heavy (non-hydrogen) atoms. The van der Waals surface area contributed by atoms with Crippen LogP contribution in [-0.4, -0.2) is 10.8 Å². The molecule has 100 valence electrons. The minimum absolute atomic E-state index is 0.214. The average molecular weight is 257 g/mol. The predicted octanol–water partition coefficient (Wildman–Crippen LogP) is 3.77. The van der Waals surface area contributed by atoms with Crippen LogP contribution in [0.15, 0.2) is 28.7 Å². The molecule has 0 saturated heterocycles. The Kier molecular flexibility index (Phi) is 3.36. The molecule has 0 aliphatic heterocycles. The molecule has 1 aromatic carbocycles. The van der Waals surface area contributed by atoms with Crippen molar-refractivity contribution in [3.63, 3.8) is 0 Å². The maximum atomic E-state index is 12.3. The normalized spacial score (nSPS) is 23.6. The van der Waals surface area contributed by atoms with Gasteiger partial charge in [-0.3, -0.25) is 4.79 Å². The van der Waals surface area contributed by atoms with Crippen molar-refractivity contribution in [2.75, 3.05) is 0 Å². The lowest BCUT2D eigenvalue weighted by atomic mass is 9.80. The number of hydrogen-bond acceptors (Lipinski definition) is 3. The van der Waals surface area contributed by atoms with E-state index >= 15 is 0 Å². The molecule has 0 N–H and O–H groups in total. The van der Waals surface area contributed by atoms with Crippen LogP contribution in [0.5, 0.6) is 0 Å². The van der Waals surface area contributed by atoms with E-state index in [1.54, 1.807) is 0 Å². The zero-order chi connectivity index (χ0) is 13.2. The van der Waals surface area contributed by atoms with Gasteiger partial charge < -0.3 is 4.42 Å². The largest absolute Gasteiger partial charge is 0.440 e. The van der Waals surface area contributed by atoms with Crippen LogP contribution in [0.4, 0.5) is 0 Å². The van der Waals surface area contributed by atoms with E-state index < -0.39 is 0 Å². The lowest BCUT2D eigenvalue weighted by Crippen LogP contribution is -2.22. The summed E-state index contributed by atoms with van der Waals surface area (Å²) in [5, 5.41) is 0. The van der Waals surface area contributed by atoms with E-state index in [0.29, 0.717) is 18.1 Å². The van der Waals surface area contributed by atoms with Crippen LogP contribution in [0.25, 0.3) is 11.1 Å². The molecule has 0 unspecified atom stereocenters. The molecule has 1 aliphatic rings. The topological polar surface area (TPSA) is 43.1 Å². The standard InChI is InChI=1S/C16H19NO2/c1-11-6-8-12(9-7-11)14(18)10-16-17-13-4-2-3-5-15(13)19-16/h2-5,11-12H,6-10H2,1H3. The number of oxazole rings is 1. The van der Waals surface area contributed by atoms with Crippen LogP contribution in [0, 0.1) is 11.8 Å². The number of carbonyl (C=O) groups is 1. The van der Waals surface area contributed by atoms with Gasteiger partial charge in [0.25, 0.3) is 0 Å². The van der Waals surface area contributed by atoms with Gasteiger partial charge in [-0.05, 0) is 30.9 Å². The van der Waals surface area contributed by atoms with Gasteiger partial charge in [-0.25, -0.2) is 4.98 Å². The van der Waals surface area contributed by atoms with Crippen molar-refractivity contribution in [3.05, 3.63) is 30.2 Å². The Balaban J connectivity index is 1.68. The Morgan fingerprint density at radius 1 is 1.26 bits per heavy atom. The summed E-state index contributed by atoms with van der Waals surface area (Å²) in [6.45, 7) is 2.27. The van der Waals surface area contributed by atoms with Crippen molar-refractivity contribution < 1.29 is 9.21 Å². The Bertz CT molecular complexity index is 546. The van der Waals surface area contributed by atoms with Crippen molar-refractivity contribution in [2.45, 2.75) is 39.0 Å². The molecular weight excluding hydrogens is 238 g/mol. The highest BCUT2D eigenvalue weighted by Crippen LogP contribution is 2.29. The second-order valence-corrected chi connectivity index (χ2v) is 5.68. The fourth-order valence-corrected chi connectivity index (χ4v) is 2.87. The van der Waals surface area contributed by atoms with Gasteiger partial charge in [0.15, 0.2) is 5.58 Å². The van der Waals surface area contributed by atoms with E-state index in [0.717, 1.165) is 29.9 Å². The highest BCUT2D eigenvalue weighted by molar-refractivity contribution is 5.83. The van der Waals surface area contributed by atoms with Crippen LogP contribution in [0.2, 0.25) is 0 Å². The Morgan fingerprint density at radius 3 is 2.74 bits per heavy atom. The summed E-state index contributed by atoms with van der Waals surface area (Å²) in [6.07, 6.45) is 4.74. The van der Waals surface area contributed by atoms with Crippen LogP contribution in [0.1, 0.15) is 38.5 Å². The van der Waals surface area contributed by atoms with Gasteiger partial charge in [0.05, 0.1) is 6.42 Å². The van der Waals surface area contributed by atoms with Gasteiger partial charge >= 0.3 is 0 Å². The molecule has 1 heterocycles. The van der Waals surface area contributed by atoms with E-state index in [2.05, 4.69) is 11.9 Å². The summed E-state index contributed by atoms with van der Waals surface area (Å²) in [5.74, 6) is 1.84. The lowest BCUT2D eigenvalue weighted by molar-refractivity contribution is -0.123. The van der Waals surface area contributed by atoms with E-state index in [1.807, 2.05) is 24.3 Å². The van der Waals surface area contributed by atoms with Crippen LogP contribution in [-0.2, 0) is 11.2 Å². The summed E-state index contributed by atoms with van der Waals surface area (Å²) < 4.78 is 5.62. The van der Waals surface area contributed by atoms with Crippen LogP contribution in [0.3, 0.4) is 0 Å². The zero-order valence-electron chi connectivity index (χ0n) is 11.3. The summed E-state index contributed by atoms with van der Waals surface area (Å²) in [4.78, 5) is 16.6. The molecule has 1 aromatic heterocycles. The van der Waals surface area contributed by atoms with Crippen molar-refractivity contribution in [1.29, 1.82) is 0 Å². The highest BCUT2D eigenvalue weighted by Gasteiger charge is 2.25. The van der Waals surface area contributed by atoms with Crippen molar-refractivity contribution in [1.82, 2.24) is 4.98 Å². The van der Waals surface area contributed by atoms with Gasteiger partial charge in [0.1, 0.15) is 11.3 Å². The molecule has 0 amide bonds. The van der Waals surface area contributed by atoms with Crippen LogP contribution >= 0.6 is 0 Å². The Labute approximate surface area is 113 Å². The van der Waals surface area contributed by atoms with Gasteiger partial charge in [0.2, 0.25) is 5.89 Å². The summed E-state index contributed by atoms with van der Waals surface area (Å²) in [7, 11) is 0. The van der Waals surface area contributed by atoms with E-state index in [1.165, 1.54) is 12.8 Å².